The van der Waals surface area contributed by atoms with Crippen molar-refractivity contribution >= 4 is 34.4 Å². The minimum atomic E-state index is -0.369. The van der Waals surface area contributed by atoms with Gasteiger partial charge in [-0.25, -0.2) is 0 Å². The summed E-state index contributed by atoms with van der Waals surface area (Å²) < 4.78 is 0. The number of anilines is 1. The number of aryl methyl sites for hydroxylation is 1. The molecule has 1 aliphatic carbocycles. The topological polar surface area (TPSA) is 61.8 Å². The number of rotatable bonds is 4. The van der Waals surface area contributed by atoms with Gasteiger partial charge in [-0.15, -0.1) is 0 Å². The lowest BCUT2D eigenvalue weighted by Gasteiger charge is -2.30. The summed E-state index contributed by atoms with van der Waals surface area (Å²) in [5, 5.41) is 3.28. The highest BCUT2D eigenvalue weighted by molar-refractivity contribution is 8.15. The lowest BCUT2D eigenvalue weighted by molar-refractivity contribution is -0.130. The first-order valence-corrected chi connectivity index (χ1v) is 9.79. The summed E-state index contributed by atoms with van der Waals surface area (Å²) in [7, 11) is 1.72. The zero-order chi connectivity index (χ0) is 17.8. The molecule has 1 aromatic rings. The van der Waals surface area contributed by atoms with Crippen LogP contribution in [0, 0.1) is 6.92 Å². The molecule has 0 unspecified atom stereocenters. The second kappa shape index (κ2) is 8.04. The molecule has 2 aliphatic rings. The molecule has 1 atom stereocenters. The van der Waals surface area contributed by atoms with E-state index in [1.807, 2.05) is 36.1 Å². The van der Waals surface area contributed by atoms with Crippen LogP contribution in [-0.2, 0) is 9.59 Å². The van der Waals surface area contributed by atoms with Crippen LogP contribution in [0.3, 0.4) is 0 Å². The van der Waals surface area contributed by atoms with Crippen molar-refractivity contribution in [1.29, 1.82) is 0 Å². The van der Waals surface area contributed by atoms with Crippen LogP contribution in [0.4, 0.5) is 5.69 Å². The molecule has 0 radical (unpaired) electrons. The minimum absolute atomic E-state index is 0.0385. The lowest BCUT2D eigenvalue weighted by atomic mass is 9.94. The molecule has 5 nitrogen and oxygen atoms in total. The number of amides is 2. The molecule has 1 saturated carbocycles. The quantitative estimate of drug-likeness (QED) is 0.894. The van der Waals surface area contributed by atoms with E-state index in [9.17, 15) is 9.59 Å². The van der Waals surface area contributed by atoms with Gasteiger partial charge in [0.2, 0.25) is 11.8 Å². The van der Waals surface area contributed by atoms with Gasteiger partial charge in [-0.1, -0.05) is 48.7 Å². The Bertz CT molecular complexity index is 666. The van der Waals surface area contributed by atoms with Crippen LogP contribution < -0.4 is 5.32 Å². The first kappa shape index (κ1) is 18.0. The van der Waals surface area contributed by atoms with E-state index in [0.717, 1.165) is 42.1 Å². The van der Waals surface area contributed by atoms with Crippen LogP contribution in [0.2, 0.25) is 0 Å². The van der Waals surface area contributed by atoms with E-state index >= 15 is 0 Å². The molecular weight excluding hydrogens is 334 g/mol. The lowest BCUT2D eigenvalue weighted by Crippen LogP contribution is -2.42. The van der Waals surface area contributed by atoms with E-state index in [1.54, 1.807) is 7.05 Å². The van der Waals surface area contributed by atoms with Gasteiger partial charge < -0.3 is 5.32 Å². The fourth-order valence-electron chi connectivity index (χ4n) is 3.47. The second-order valence-electron chi connectivity index (χ2n) is 6.73. The maximum atomic E-state index is 12.9. The zero-order valence-corrected chi connectivity index (χ0v) is 15.6. The molecule has 6 heteroatoms. The Balaban J connectivity index is 1.63. The van der Waals surface area contributed by atoms with Crippen LogP contribution in [0.25, 0.3) is 0 Å². The van der Waals surface area contributed by atoms with Gasteiger partial charge in [0.25, 0.3) is 0 Å². The smallest absolute Gasteiger partial charge is 0.242 e. The Morgan fingerprint density at radius 3 is 2.56 bits per heavy atom. The molecule has 1 saturated heterocycles. The first-order chi connectivity index (χ1) is 12.1. The van der Waals surface area contributed by atoms with Crippen LogP contribution in [-0.4, -0.2) is 40.2 Å². The zero-order valence-electron chi connectivity index (χ0n) is 14.8. The van der Waals surface area contributed by atoms with Crippen molar-refractivity contribution in [3.05, 3.63) is 29.8 Å². The van der Waals surface area contributed by atoms with Crippen molar-refractivity contribution in [3.8, 4) is 0 Å². The Labute approximate surface area is 153 Å². The largest absolute Gasteiger partial charge is 0.326 e. The fourth-order valence-corrected chi connectivity index (χ4v) is 4.63. The Kier molecular flexibility index (Phi) is 5.78. The summed E-state index contributed by atoms with van der Waals surface area (Å²) in [5.41, 5.74) is 1.91. The van der Waals surface area contributed by atoms with Crippen molar-refractivity contribution in [1.82, 2.24) is 4.90 Å². The molecule has 1 aliphatic heterocycles. The molecular formula is C19H25N3O2S. The Morgan fingerprint density at radius 1 is 1.24 bits per heavy atom. The van der Waals surface area contributed by atoms with Gasteiger partial charge in [0.05, 0.1) is 0 Å². The van der Waals surface area contributed by atoms with Crippen molar-refractivity contribution in [2.45, 2.75) is 56.7 Å². The van der Waals surface area contributed by atoms with Crippen molar-refractivity contribution in [2.24, 2.45) is 4.99 Å². The molecule has 0 bridgehead atoms. The molecule has 134 valence electrons. The molecule has 2 amide bonds. The number of nitrogens with zero attached hydrogens (tertiary/aromatic N) is 2. The van der Waals surface area contributed by atoms with Gasteiger partial charge in [-0.05, 0) is 31.9 Å². The minimum Gasteiger partial charge on any atom is -0.326 e. The predicted octanol–water partition coefficient (Wildman–Crippen LogP) is 3.59. The molecule has 1 N–H and O–H groups in total. The summed E-state index contributed by atoms with van der Waals surface area (Å²) in [4.78, 5) is 31.3. The maximum absolute atomic E-state index is 12.9. The average molecular weight is 359 g/mol. The van der Waals surface area contributed by atoms with Crippen LogP contribution in [0.15, 0.2) is 29.3 Å². The van der Waals surface area contributed by atoms with E-state index in [4.69, 9.17) is 0 Å². The van der Waals surface area contributed by atoms with Crippen molar-refractivity contribution in [3.63, 3.8) is 0 Å². The molecule has 0 aromatic heterocycles. The highest BCUT2D eigenvalue weighted by atomic mass is 32.2. The third kappa shape index (κ3) is 4.24. The SMILES string of the molecule is CN=C1S[C@@H](CC(=O)Nc2ccc(C)cc2)C(=O)N1C1CCCCC1. The van der Waals surface area contributed by atoms with Crippen LogP contribution >= 0.6 is 11.8 Å². The monoisotopic (exact) mass is 359 g/mol. The number of carbonyl (C=O) groups is 2. The standard InChI is InChI=1S/C19H25N3O2S/c1-13-8-10-14(11-9-13)21-17(23)12-16-18(24)22(19(20-2)25-16)15-6-4-3-5-7-15/h8-11,15-16H,3-7,12H2,1-2H3,(H,21,23)/t16-/m0/s1. The third-order valence-corrected chi connectivity index (χ3v) is 6.05. The van der Waals surface area contributed by atoms with Crippen molar-refractivity contribution < 1.29 is 9.59 Å². The van der Waals surface area contributed by atoms with E-state index in [1.165, 1.54) is 18.2 Å². The van der Waals surface area contributed by atoms with Crippen molar-refractivity contribution in [2.75, 3.05) is 12.4 Å². The maximum Gasteiger partial charge on any atom is 0.242 e. The van der Waals surface area contributed by atoms with E-state index in [2.05, 4.69) is 10.3 Å². The molecule has 25 heavy (non-hydrogen) atoms. The molecule has 3 rings (SSSR count). The first-order valence-electron chi connectivity index (χ1n) is 8.91. The molecule has 2 fully saturated rings. The average Bonchev–Trinajstić information content (AvgIpc) is 2.93. The van der Waals surface area contributed by atoms with Crippen LogP contribution in [0.1, 0.15) is 44.1 Å². The van der Waals surface area contributed by atoms with Crippen LogP contribution in [0.5, 0.6) is 0 Å². The van der Waals surface area contributed by atoms with E-state index < -0.39 is 0 Å². The summed E-state index contributed by atoms with van der Waals surface area (Å²) in [5.74, 6) is -0.0905. The van der Waals surface area contributed by atoms with Gasteiger partial charge >= 0.3 is 0 Å². The number of thioether (sulfide) groups is 1. The number of carbonyl (C=O) groups excluding carboxylic acids is 2. The van der Waals surface area contributed by atoms with E-state index in [0.29, 0.717) is 0 Å². The van der Waals surface area contributed by atoms with E-state index in [-0.39, 0.29) is 29.5 Å². The number of hydrogen-bond donors (Lipinski definition) is 1. The fraction of sp³-hybridized carbons (Fsp3) is 0.526. The Hall–Kier alpha value is -1.82. The molecule has 1 heterocycles. The van der Waals surface area contributed by atoms with Gasteiger partial charge in [0, 0.05) is 25.2 Å². The van der Waals surface area contributed by atoms with Gasteiger partial charge in [0.1, 0.15) is 5.25 Å². The number of aliphatic imine (C=N–C) groups is 1. The highest BCUT2D eigenvalue weighted by Gasteiger charge is 2.42. The summed E-state index contributed by atoms with van der Waals surface area (Å²) in [6, 6.07) is 7.92. The number of hydrogen-bond acceptors (Lipinski definition) is 4. The molecule has 1 aromatic carbocycles. The number of nitrogens with one attached hydrogen (secondary N) is 1. The second-order valence-corrected chi connectivity index (χ2v) is 7.90. The number of benzene rings is 1. The van der Waals surface area contributed by atoms with Gasteiger partial charge in [-0.2, -0.15) is 0 Å². The molecule has 0 spiro atoms. The van der Waals surface area contributed by atoms with Gasteiger partial charge in [0.15, 0.2) is 5.17 Å². The highest BCUT2D eigenvalue weighted by Crippen LogP contribution is 2.35. The third-order valence-electron chi connectivity index (χ3n) is 4.80. The normalized spacial score (nSPS) is 23.3. The Morgan fingerprint density at radius 2 is 1.92 bits per heavy atom. The predicted molar refractivity (Wildman–Crippen MR) is 103 cm³/mol. The summed E-state index contributed by atoms with van der Waals surface area (Å²) in [6.07, 6.45) is 5.82. The number of amidine groups is 1. The summed E-state index contributed by atoms with van der Waals surface area (Å²) in [6.45, 7) is 2.00. The van der Waals surface area contributed by atoms with Gasteiger partial charge in [-0.3, -0.25) is 19.5 Å². The summed E-state index contributed by atoms with van der Waals surface area (Å²) >= 11 is 1.43.